The Kier molecular flexibility index (Phi) is 4.88. The van der Waals surface area contributed by atoms with E-state index in [2.05, 4.69) is 37.9 Å². The van der Waals surface area contributed by atoms with Crippen molar-refractivity contribution in [2.24, 2.45) is 17.8 Å². The summed E-state index contributed by atoms with van der Waals surface area (Å²) in [5, 5.41) is 3.42. The number of nitrogens with zero attached hydrogens (tertiary/aromatic N) is 1. The van der Waals surface area contributed by atoms with Gasteiger partial charge in [-0.05, 0) is 31.1 Å². The van der Waals surface area contributed by atoms with E-state index in [0.717, 1.165) is 18.4 Å². The maximum atomic E-state index is 12.3. The summed E-state index contributed by atoms with van der Waals surface area (Å²) in [6.07, 6.45) is 6.87. The molecule has 1 saturated carbocycles. The van der Waals surface area contributed by atoms with Crippen LogP contribution in [0.15, 0.2) is 0 Å². The molecule has 3 nitrogen and oxygen atoms in total. The molecule has 1 amide bonds. The molecule has 2 fully saturated rings. The number of hydrogen-bond donors (Lipinski definition) is 1. The molecule has 0 radical (unpaired) electrons. The van der Waals surface area contributed by atoms with Crippen LogP contribution in [-0.2, 0) is 4.79 Å². The highest BCUT2D eigenvalue weighted by molar-refractivity contribution is 5.84. The molecule has 1 heterocycles. The number of hydrogen-bond acceptors (Lipinski definition) is 2. The molecule has 0 spiro atoms. The summed E-state index contributed by atoms with van der Waals surface area (Å²) in [5.74, 6) is 2.45. The molecule has 0 aromatic rings. The summed E-state index contributed by atoms with van der Waals surface area (Å²) in [6.45, 7) is 9.65. The molecule has 0 aromatic heterocycles. The van der Waals surface area contributed by atoms with E-state index in [1.165, 1.54) is 32.1 Å². The van der Waals surface area contributed by atoms with Gasteiger partial charge < -0.3 is 4.90 Å². The average molecular weight is 266 g/mol. The summed E-state index contributed by atoms with van der Waals surface area (Å²) in [6, 6.07) is 0.0291. The SMILES string of the molecule is CC1CCC(CCN2C(=O)C(C(C)C)NC2C)CC1. The van der Waals surface area contributed by atoms with Crippen LogP contribution in [0.4, 0.5) is 0 Å². The van der Waals surface area contributed by atoms with Crippen molar-refractivity contribution in [1.82, 2.24) is 10.2 Å². The quantitative estimate of drug-likeness (QED) is 0.848. The predicted octanol–water partition coefficient (Wildman–Crippen LogP) is 3.01. The first-order valence-electron chi connectivity index (χ1n) is 8.05. The Hall–Kier alpha value is -0.570. The Morgan fingerprint density at radius 1 is 1.21 bits per heavy atom. The van der Waals surface area contributed by atoms with Crippen molar-refractivity contribution in [3.05, 3.63) is 0 Å². The van der Waals surface area contributed by atoms with Crippen LogP contribution in [0.1, 0.15) is 59.8 Å². The molecule has 1 N–H and O–H groups in total. The number of amides is 1. The lowest BCUT2D eigenvalue weighted by Crippen LogP contribution is -2.36. The Bertz CT molecular complexity index is 308. The molecule has 2 unspecified atom stereocenters. The van der Waals surface area contributed by atoms with Crippen molar-refractivity contribution in [3.63, 3.8) is 0 Å². The van der Waals surface area contributed by atoms with Crippen molar-refractivity contribution in [3.8, 4) is 0 Å². The van der Waals surface area contributed by atoms with Crippen molar-refractivity contribution < 1.29 is 4.79 Å². The minimum absolute atomic E-state index is 0.0291. The van der Waals surface area contributed by atoms with E-state index >= 15 is 0 Å². The van der Waals surface area contributed by atoms with Gasteiger partial charge in [0.15, 0.2) is 0 Å². The van der Waals surface area contributed by atoms with Gasteiger partial charge in [-0.1, -0.05) is 46.5 Å². The minimum atomic E-state index is 0.0291. The van der Waals surface area contributed by atoms with Gasteiger partial charge in [-0.15, -0.1) is 0 Å². The maximum Gasteiger partial charge on any atom is 0.241 e. The molecule has 3 heteroatoms. The van der Waals surface area contributed by atoms with Gasteiger partial charge >= 0.3 is 0 Å². The number of rotatable bonds is 4. The number of carbonyl (C=O) groups is 1. The predicted molar refractivity (Wildman–Crippen MR) is 78.7 cm³/mol. The summed E-state index contributed by atoms with van der Waals surface area (Å²) in [7, 11) is 0. The second-order valence-corrected chi connectivity index (χ2v) is 7.01. The lowest BCUT2D eigenvalue weighted by atomic mass is 9.81. The zero-order valence-electron chi connectivity index (χ0n) is 13.0. The lowest BCUT2D eigenvalue weighted by molar-refractivity contribution is -0.130. The molecule has 2 aliphatic rings. The van der Waals surface area contributed by atoms with E-state index in [1.807, 2.05) is 0 Å². The smallest absolute Gasteiger partial charge is 0.241 e. The Labute approximate surface area is 118 Å². The van der Waals surface area contributed by atoms with Crippen molar-refractivity contribution in [2.75, 3.05) is 6.54 Å². The average Bonchev–Trinajstić information content (AvgIpc) is 2.65. The van der Waals surface area contributed by atoms with Crippen LogP contribution in [0.25, 0.3) is 0 Å². The van der Waals surface area contributed by atoms with Crippen LogP contribution in [0, 0.1) is 17.8 Å². The van der Waals surface area contributed by atoms with E-state index in [1.54, 1.807) is 0 Å². The maximum absolute atomic E-state index is 12.3. The van der Waals surface area contributed by atoms with Crippen molar-refractivity contribution in [1.29, 1.82) is 0 Å². The number of carbonyl (C=O) groups excluding carboxylic acids is 1. The van der Waals surface area contributed by atoms with E-state index in [-0.39, 0.29) is 12.2 Å². The summed E-state index contributed by atoms with van der Waals surface area (Å²) >= 11 is 0. The van der Waals surface area contributed by atoms with Crippen LogP contribution >= 0.6 is 0 Å². The molecule has 19 heavy (non-hydrogen) atoms. The van der Waals surface area contributed by atoms with Gasteiger partial charge in [0.25, 0.3) is 0 Å². The highest BCUT2D eigenvalue weighted by Gasteiger charge is 2.37. The van der Waals surface area contributed by atoms with Crippen molar-refractivity contribution >= 4 is 5.91 Å². The van der Waals surface area contributed by atoms with E-state index < -0.39 is 0 Å². The molecule has 1 aliphatic carbocycles. The van der Waals surface area contributed by atoms with E-state index in [9.17, 15) is 4.79 Å². The third kappa shape index (κ3) is 3.50. The first kappa shape index (κ1) is 14.8. The third-order valence-corrected chi connectivity index (χ3v) is 5.02. The lowest BCUT2D eigenvalue weighted by Gasteiger charge is -2.29. The van der Waals surface area contributed by atoms with Crippen LogP contribution in [0.3, 0.4) is 0 Å². The first-order valence-corrected chi connectivity index (χ1v) is 8.05. The topological polar surface area (TPSA) is 32.3 Å². The highest BCUT2D eigenvalue weighted by Crippen LogP contribution is 2.31. The van der Waals surface area contributed by atoms with Gasteiger partial charge in [-0.25, -0.2) is 0 Å². The van der Waals surface area contributed by atoms with E-state index in [0.29, 0.717) is 11.8 Å². The fourth-order valence-electron chi connectivity index (χ4n) is 3.51. The Morgan fingerprint density at radius 3 is 2.37 bits per heavy atom. The normalized spacial score (nSPS) is 36.3. The zero-order valence-corrected chi connectivity index (χ0v) is 13.0. The van der Waals surface area contributed by atoms with Gasteiger partial charge in [0, 0.05) is 6.54 Å². The van der Waals surface area contributed by atoms with Gasteiger partial charge in [-0.3, -0.25) is 10.1 Å². The molecule has 1 saturated heterocycles. The molecule has 2 atom stereocenters. The summed E-state index contributed by atoms with van der Waals surface area (Å²) in [4.78, 5) is 14.4. The fourth-order valence-corrected chi connectivity index (χ4v) is 3.51. The van der Waals surface area contributed by atoms with Gasteiger partial charge in [0.05, 0.1) is 12.2 Å². The van der Waals surface area contributed by atoms with Crippen LogP contribution in [0.5, 0.6) is 0 Å². The second-order valence-electron chi connectivity index (χ2n) is 7.01. The van der Waals surface area contributed by atoms with E-state index in [4.69, 9.17) is 0 Å². The summed E-state index contributed by atoms with van der Waals surface area (Å²) in [5.41, 5.74) is 0. The van der Waals surface area contributed by atoms with Gasteiger partial charge in [0.2, 0.25) is 5.91 Å². The minimum Gasteiger partial charge on any atom is -0.326 e. The van der Waals surface area contributed by atoms with Crippen LogP contribution in [0.2, 0.25) is 0 Å². The molecule has 0 bridgehead atoms. The van der Waals surface area contributed by atoms with Crippen LogP contribution < -0.4 is 5.32 Å². The standard InChI is InChI=1S/C16H30N2O/c1-11(2)15-16(19)18(13(4)17-15)10-9-14-7-5-12(3)6-8-14/h11-15,17H,5-10H2,1-4H3. The number of nitrogens with one attached hydrogen (secondary N) is 1. The largest absolute Gasteiger partial charge is 0.326 e. The molecular weight excluding hydrogens is 236 g/mol. The Balaban J connectivity index is 1.81. The second kappa shape index (κ2) is 6.25. The van der Waals surface area contributed by atoms with Gasteiger partial charge in [-0.2, -0.15) is 0 Å². The first-order chi connectivity index (χ1) is 8.99. The summed E-state index contributed by atoms with van der Waals surface area (Å²) < 4.78 is 0. The third-order valence-electron chi connectivity index (χ3n) is 5.02. The highest BCUT2D eigenvalue weighted by atomic mass is 16.2. The zero-order chi connectivity index (χ0) is 14.0. The Morgan fingerprint density at radius 2 is 1.84 bits per heavy atom. The molecule has 110 valence electrons. The van der Waals surface area contributed by atoms with Gasteiger partial charge in [0.1, 0.15) is 0 Å². The molecule has 0 aromatic carbocycles. The molecular formula is C16H30N2O. The fraction of sp³-hybridized carbons (Fsp3) is 0.938. The van der Waals surface area contributed by atoms with Crippen LogP contribution in [-0.4, -0.2) is 29.6 Å². The molecule has 2 rings (SSSR count). The monoisotopic (exact) mass is 266 g/mol. The molecule has 1 aliphatic heterocycles. The van der Waals surface area contributed by atoms with Crippen molar-refractivity contribution in [2.45, 2.75) is 72.0 Å².